The molecule has 0 atom stereocenters. The van der Waals surface area contributed by atoms with E-state index in [1.807, 2.05) is 13.0 Å². The van der Waals surface area contributed by atoms with E-state index in [1.54, 1.807) is 18.7 Å². The molecule has 1 aliphatic heterocycles. The summed E-state index contributed by atoms with van der Waals surface area (Å²) < 4.78 is 0. The summed E-state index contributed by atoms with van der Waals surface area (Å²) >= 11 is 0. The van der Waals surface area contributed by atoms with E-state index >= 15 is 0 Å². The van der Waals surface area contributed by atoms with Crippen molar-refractivity contribution in [1.82, 2.24) is 19.9 Å². The summed E-state index contributed by atoms with van der Waals surface area (Å²) in [5.74, 6) is 1.46. The number of nitrogens with zero attached hydrogens (tertiary/aromatic N) is 5. The molecule has 0 unspecified atom stereocenters. The van der Waals surface area contributed by atoms with Crippen molar-refractivity contribution < 1.29 is 0 Å². The summed E-state index contributed by atoms with van der Waals surface area (Å²) in [6, 6.07) is 2.41. The van der Waals surface area contributed by atoms with Crippen molar-refractivity contribution in [3.8, 4) is 0 Å². The van der Waals surface area contributed by atoms with Gasteiger partial charge < -0.3 is 14.8 Å². The first-order chi connectivity index (χ1) is 10.6. The van der Waals surface area contributed by atoms with Gasteiger partial charge in [0, 0.05) is 50.3 Å². The van der Waals surface area contributed by atoms with Crippen LogP contribution in [0.2, 0.25) is 0 Å². The highest BCUT2D eigenvalue weighted by Crippen LogP contribution is 2.21. The Kier molecular flexibility index (Phi) is 4.04. The molecule has 1 saturated heterocycles. The zero-order chi connectivity index (χ0) is 15.5. The van der Waals surface area contributed by atoms with Gasteiger partial charge in [-0.1, -0.05) is 0 Å². The number of H-pyrrole nitrogens is 1. The number of nitrogens with one attached hydrogen (secondary N) is 1. The Morgan fingerprint density at radius 2 is 2.05 bits per heavy atom. The standard InChI is InChI=1S/C15H20N6O/c1-11-9-13(19-10-18-11)20(2)12-3-7-21(8-4-12)14-15(22)17-6-5-16-14/h5-6,9-10,12H,3-4,7-8H2,1-2H3,(H,17,22). The van der Waals surface area contributed by atoms with Crippen molar-refractivity contribution in [2.24, 2.45) is 0 Å². The van der Waals surface area contributed by atoms with Crippen LogP contribution in [0.4, 0.5) is 11.6 Å². The monoisotopic (exact) mass is 300 g/mol. The molecule has 3 rings (SSSR count). The van der Waals surface area contributed by atoms with Crippen LogP contribution in [0.1, 0.15) is 18.5 Å². The molecule has 116 valence electrons. The molecule has 0 spiro atoms. The van der Waals surface area contributed by atoms with Crippen LogP contribution in [-0.4, -0.2) is 46.1 Å². The maximum Gasteiger partial charge on any atom is 0.290 e. The Bertz CT molecular complexity index is 692. The summed E-state index contributed by atoms with van der Waals surface area (Å²) in [6.07, 6.45) is 6.72. The first-order valence-corrected chi connectivity index (χ1v) is 7.45. The third-order valence-electron chi connectivity index (χ3n) is 4.15. The molecule has 0 bridgehead atoms. The van der Waals surface area contributed by atoms with Crippen LogP contribution in [-0.2, 0) is 0 Å². The first kappa shape index (κ1) is 14.5. The van der Waals surface area contributed by atoms with Gasteiger partial charge in [0.25, 0.3) is 5.56 Å². The third-order valence-corrected chi connectivity index (χ3v) is 4.15. The van der Waals surface area contributed by atoms with Gasteiger partial charge in [0.1, 0.15) is 12.1 Å². The minimum absolute atomic E-state index is 0.124. The van der Waals surface area contributed by atoms with Gasteiger partial charge in [-0.15, -0.1) is 0 Å². The molecule has 0 aliphatic carbocycles. The maximum absolute atomic E-state index is 11.8. The minimum Gasteiger partial charge on any atom is -0.356 e. The maximum atomic E-state index is 11.8. The SMILES string of the molecule is Cc1cc(N(C)C2CCN(c3ncc[nH]c3=O)CC2)ncn1. The Morgan fingerprint density at radius 1 is 1.27 bits per heavy atom. The Hall–Kier alpha value is -2.44. The van der Waals surface area contributed by atoms with E-state index in [0.29, 0.717) is 11.9 Å². The zero-order valence-electron chi connectivity index (χ0n) is 12.9. The van der Waals surface area contributed by atoms with Gasteiger partial charge in [-0.2, -0.15) is 0 Å². The predicted octanol–water partition coefficient (Wildman–Crippen LogP) is 0.974. The zero-order valence-corrected chi connectivity index (χ0v) is 12.9. The third kappa shape index (κ3) is 2.93. The average Bonchev–Trinajstić information content (AvgIpc) is 2.55. The number of anilines is 2. The minimum atomic E-state index is -0.124. The topological polar surface area (TPSA) is 78.0 Å². The van der Waals surface area contributed by atoms with E-state index in [4.69, 9.17) is 0 Å². The lowest BCUT2D eigenvalue weighted by Gasteiger charge is -2.37. The van der Waals surface area contributed by atoms with Gasteiger partial charge in [-0.3, -0.25) is 4.79 Å². The summed E-state index contributed by atoms with van der Waals surface area (Å²) in [5.41, 5.74) is 0.843. The molecule has 7 nitrogen and oxygen atoms in total. The Labute approximate surface area is 129 Å². The molecule has 0 saturated carbocycles. The number of hydrogen-bond acceptors (Lipinski definition) is 6. The molecule has 0 aromatic carbocycles. The highest BCUT2D eigenvalue weighted by Gasteiger charge is 2.25. The molecule has 22 heavy (non-hydrogen) atoms. The molecule has 0 amide bonds. The lowest BCUT2D eigenvalue weighted by atomic mass is 10.0. The van der Waals surface area contributed by atoms with Gasteiger partial charge in [0.05, 0.1) is 0 Å². The summed E-state index contributed by atoms with van der Waals surface area (Å²) in [7, 11) is 2.07. The number of hydrogen-bond donors (Lipinski definition) is 1. The van der Waals surface area contributed by atoms with Crippen LogP contribution in [0, 0.1) is 6.92 Å². The normalized spacial score (nSPS) is 15.8. The molecule has 1 fully saturated rings. The number of aromatic nitrogens is 4. The fraction of sp³-hybridized carbons (Fsp3) is 0.467. The van der Waals surface area contributed by atoms with Crippen molar-refractivity contribution in [3.63, 3.8) is 0 Å². The van der Waals surface area contributed by atoms with Gasteiger partial charge in [0.2, 0.25) is 0 Å². The second kappa shape index (κ2) is 6.13. The lowest BCUT2D eigenvalue weighted by molar-refractivity contribution is 0.477. The van der Waals surface area contributed by atoms with Crippen LogP contribution in [0.25, 0.3) is 0 Å². The Balaban J connectivity index is 1.67. The highest BCUT2D eigenvalue weighted by atomic mass is 16.1. The molecule has 7 heteroatoms. The lowest BCUT2D eigenvalue weighted by Crippen LogP contribution is -2.45. The number of rotatable bonds is 3. The van der Waals surface area contributed by atoms with Crippen LogP contribution < -0.4 is 15.4 Å². The second-order valence-electron chi connectivity index (χ2n) is 5.59. The number of aryl methyl sites for hydroxylation is 1. The van der Waals surface area contributed by atoms with Crippen LogP contribution >= 0.6 is 0 Å². The van der Waals surface area contributed by atoms with E-state index < -0.39 is 0 Å². The smallest absolute Gasteiger partial charge is 0.290 e. The van der Waals surface area contributed by atoms with Gasteiger partial charge in [-0.05, 0) is 19.8 Å². The molecule has 2 aromatic heterocycles. The first-order valence-electron chi connectivity index (χ1n) is 7.45. The summed E-state index contributed by atoms with van der Waals surface area (Å²) in [6.45, 7) is 3.60. The van der Waals surface area contributed by atoms with Crippen LogP contribution in [0.15, 0.2) is 29.6 Å². The van der Waals surface area contributed by atoms with Crippen molar-refractivity contribution in [2.75, 3.05) is 29.9 Å². The van der Waals surface area contributed by atoms with Crippen molar-refractivity contribution in [3.05, 3.63) is 40.8 Å². The van der Waals surface area contributed by atoms with E-state index in [9.17, 15) is 4.79 Å². The largest absolute Gasteiger partial charge is 0.356 e. The molecule has 0 radical (unpaired) electrons. The van der Waals surface area contributed by atoms with Gasteiger partial charge >= 0.3 is 0 Å². The Morgan fingerprint density at radius 3 is 2.73 bits per heavy atom. The molecular formula is C15H20N6O. The van der Waals surface area contributed by atoms with Crippen LogP contribution in [0.5, 0.6) is 0 Å². The molecular weight excluding hydrogens is 280 g/mol. The van der Waals surface area contributed by atoms with Crippen molar-refractivity contribution in [2.45, 2.75) is 25.8 Å². The molecule has 1 N–H and O–H groups in total. The fourth-order valence-corrected chi connectivity index (χ4v) is 2.85. The quantitative estimate of drug-likeness (QED) is 0.910. The number of aromatic amines is 1. The predicted molar refractivity (Wildman–Crippen MR) is 85.3 cm³/mol. The van der Waals surface area contributed by atoms with E-state index in [2.05, 4.69) is 36.8 Å². The van der Waals surface area contributed by atoms with E-state index in [0.717, 1.165) is 37.4 Å². The average molecular weight is 300 g/mol. The van der Waals surface area contributed by atoms with E-state index in [-0.39, 0.29) is 5.56 Å². The number of piperidine rings is 1. The summed E-state index contributed by atoms with van der Waals surface area (Å²) in [5, 5.41) is 0. The molecule has 1 aliphatic rings. The molecule has 2 aromatic rings. The van der Waals surface area contributed by atoms with E-state index in [1.165, 1.54) is 0 Å². The van der Waals surface area contributed by atoms with Gasteiger partial charge in [-0.25, -0.2) is 15.0 Å². The van der Waals surface area contributed by atoms with Crippen molar-refractivity contribution >= 4 is 11.6 Å². The second-order valence-corrected chi connectivity index (χ2v) is 5.59. The molecule has 3 heterocycles. The fourth-order valence-electron chi connectivity index (χ4n) is 2.85. The van der Waals surface area contributed by atoms with Crippen LogP contribution in [0.3, 0.4) is 0 Å². The summed E-state index contributed by atoms with van der Waals surface area (Å²) in [4.78, 5) is 31.4. The van der Waals surface area contributed by atoms with Gasteiger partial charge in [0.15, 0.2) is 5.82 Å². The highest BCUT2D eigenvalue weighted by molar-refractivity contribution is 5.41. The van der Waals surface area contributed by atoms with Crippen molar-refractivity contribution in [1.29, 1.82) is 0 Å².